The Morgan fingerprint density at radius 2 is 2.21 bits per heavy atom. The molecule has 1 aliphatic heterocycles. The van der Waals surface area contributed by atoms with E-state index in [4.69, 9.17) is 14.2 Å². The third kappa shape index (κ3) is 3.54. The first-order chi connectivity index (χ1) is 9.22. The van der Waals surface area contributed by atoms with Gasteiger partial charge in [0.15, 0.2) is 6.10 Å². The molecule has 1 unspecified atom stereocenters. The van der Waals surface area contributed by atoms with Crippen LogP contribution >= 0.6 is 11.7 Å². The number of carbonyl (C=O) groups is 1. The molecule has 0 spiro atoms. The number of ether oxygens (including phenoxy) is 3. The third-order valence-corrected chi connectivity index (χ3v) is 3.16. The minimum absolute atomic E-state index is 0.332. The fourth-order valence-corrected chi connectivity index (χ4v) is 2.20. The van der Waals surface area contributed by atoms with Crippen LogP contribution in [0, 0.1) is 0 Å². The summed E-state index contributed by atoms with van der Waals surface area (Å²) in [5, 5.41) is 0. The van der Waals surface area contributed by atoms with Crippen LogP contribution in [0.5, 0.6) is 5.88 Å². The van der Waals surface area contributed by atoms with Crippen LogP contribution in [0.4, 0.5) is 5.82 Å². The number of nitrogens with zero attached hydrogens (tertiary/aromatic N) is 3. The lowest BCUT2D eigenvalue weighted by Gasteiger charge is -2.27. The lowest BCUT2D eigenvalue weighted by atomic mass is 10.4. The summed E-state index contributed by atoms with van der Waals surface area (Å²) in [6.45, 7) is 6.53. The van der Waals surface area contributed by atoms with Crippen LogP contribution < -0.4 is 9.64 Å². The number of morpholine rings is 1. The van der Waals surface area contributed by atoms with Crippen LogP contribution in [-0.2, 0) is 14.3 Å². The van der Waals surface area contributed by atoms with Crippen LogP contribution in [0.15, 0.2) is 0 Å². The minimum atomic E-state index is -0.691. The summed E-state index contributed by atoms with van der Waals surface area (Å²) in [5.41, 5.74) is 0. The van der Waals surface area contributed by atoms with Crippen molar-refractivity contribution in [2.24, 2.45) is 0 Å². The van der Waals surface area contributed by atoms with E-state index in [1.165, 1.54) is 0 Å². The van der Waals surface area contributed by atoms with E-state index in [2.05, 4.69) is 8.75 Å². The molecule has 1 saturated heterocycles. The monoisotopic (exact) mass is 287 g/mol. The van der Waals surface area contributed by atoms with Gasteiger partial charge in [0.05, 0.1) is 31.5 Å². The zero-order chi connectivity index (χ0) is 13.7. The molecule has 19 heavy (non-hydrogen) atoms. The van der Waals surface area contributed by atoms with Crippen molar-refractivity contribution in [3.63, 3.8) is 0 Å². The highest BCUT2D eigenvalue weighted by Gasteiger charge is 2.24. The average Bonchev–Trinajstić information content (AvgIpc) is 2.88. The van der Waals surface area contributed by atoms with E-state index in [1.807, 2.05) is 4.90 Å². The van der Waals surface area contributed by atoms with Gasteiger partial charge in [0.1, 0.15) is 0 Å². The van der Waals surface area contributed by atoms with Crippen LogP contribution in [0.25, 0.3) is 0 Å². The molecule has 1 fully saturated rings. The molecular weight excluding hydrogens is 270 g/mol. The third-order valence-electron chi connectivity index (χ3n) is 2.66. The summed E-state index contributed by atoms with van der Waals surface area (Å²) in [6, 6.07) is 0. The summed E-state index contributed by atoms with van der Waals surface area (Å²) in [5.74, 6) is 0.653. The number of aromatic nitrogens is 2. The van der Waals surface area contributed by atoms with Crippen molar-refractivity contribution in [1.29, 1.82) is 0 Å². The normalized spacial score (nSPS) is 17.1. The van der Waals surface area contributed by atoms with Gasteiger partial charge in [-0.05, 0) is 13.8 Å². The second-order valence-electron chi connectivity index (χ2n) is 4.00. The van der Waals surface area contributed by atoms with Crippen molar-refractivity contribution in [3.05, 3.63) is 0 Å². The Morgan fingerprint density at radius 1 is 1.47 bits per heavy atom. The molecule has 1 atom stereocenters. The number of anilines is 1. The van der Waals surface area contributed by atoms with E-state index in [1.54, 1.807) is 13.8 Å². The Hall–Kier alpha value is -1.41. The van der Waals surface area contributed by atoms with Crippen molar-refractivity contribution in [3.8, 4) is 5.88 Å². The molecule has 2 heterocycles. The van der Waals surface area contributed by atoms with E-state index in [9.17, 15) is 4.79 Å². The fourth-order valence-electron chi connectivity index (χ4n) is 1.69. The predicted octanol–water partition coefficient (Wildman–Crippen LogP) is 0.705. The smallest absolute Gasteiger partial charge is 0.347 e. The van der Waals surface area contributed by atoms with Crippen LogP contribution in [-0.4, -0.2) is 53.7 Å². The number of hydrogen-bond acceptors (Lipinski definition) is 8. The molecule has 1 aromatic heterocycles. The lowest BCUT2D eigenvalue weighted by Crippen LogP contribution is -2.37. The van der Waals surface area contributed by atoms with Crippen molar-refractivity contribution in [2.75, 3.05) is 37.8 Å². The molecule has 8 heteroatoms. The van der Waals surface area contributed by atoms with E-state index in [0.29, 0.717) is 31.5 Å². The number of carbonyl (C=O) groups excluding carboxylic acids is 1. The predicted molar refractivity (Wildman–Crippen MR) is 69.7 cm³/mol. The van der Waals surface area contributed by atoms with E-state index >= 15 is 0 Å². The fraction of sp³-hybridized carbons (Fsp3) is 0.727. The molecule has 0 aliphatic carbocycles. The molecular formula is C11H17N3O4S. The number of rotatable bonds is 5. The van der Waals surface area contributed by atoms with Gasteiger partial charge in [-0.15, -0.1) is 4.37 Å². The summed E-state index contributed by atoms with van der Waals surface area (Å²) in [6.07, 6.45) is -0.691. The lowest BCUT2D eigenvalue weighted by molar-refractivity contribution is -0.150. The second kappa shape index (κ2) is 6.67. The molecule has 7 nitrogen and oxygen atoms in total. The topological polar surface area (TPSA) is 73.8 Å². The van der Waals surface area contributed by atoms with Crippen molar-refractivity contribution < 1.29 is 19.0 Å². The second-order valence-corrected chi connectivity index (χ2v) is 4.53. The first kappa shape index (κ1) is 14.0. The van der Waals surface area contributed by atoms with Gasteiger partial charge in [0.25, 0.3) is 5.88 Å². The Kier molecular flexibility index (Phi) is 4.92. The standard InChI is InChI=1S/C11H17N3O4S/c1-3-17-11(15)8(2)18-10-9(12-19-13-10)14-4-6-16-7-5-14/h8H,3-7H2,1-2H3. The Labute approximate surface area is 115 Å². The van der Waals surface area contributed by atoms with Gasteiger partial charge in [0.2, 0.25) is 5.82 Å². The SMILES string of the molecule is CCOC(=O)C(C)Oc1nsnc1N1CCOCC1. The first-order valence-corrected chi connectivity index (χ1v) is 6.94. The molecule has 106 valence electrons. The summed E-state index contributed by atoms with van der Waals surface area (Å²) in [4.78, 5) is 13.6. The molecule has 0 radical (unpaired) electrons. The first-order valence-electron chi connectivity index (χ1n) is 6.21. The summed E-state index contributed by atoms with van der Waals surface area (Å²) in [7, 11) is 0. The highest BCUT2D eigenvalue weighted by molar-refractivity contribution is 6.99. The van der Waals surface area contributed by atoms with Gasteiger partial charge in [-0.2, -0.15) is 4.37 Å². The molecule has 1 aromatic rings. The van der Waals surface area contributed by atoms with Gasteiger partial charge in [-0.1, -0.05) is 0 Å². The quantitative estimate of drug-likeness (QED) is 0.738. The van der Waals surface area contributed by atoms with Gasteiger partial charge in [-0.3, -0.25) is 0 Å². The molecule has 0 bridgehead atoms. The maximum atomic E-state index is 11.5. The molecule has 0 N–H and O–H groups in total. The molecule has 1 aliphatic rings. The van der Waals surface area contributed by atoms with E-state index in [-0.39, 0.29) is 0 Å². The molecule has 0 aromatic carbocycles. The molecule has 0 saturated carbocycles. The van der Waals surface area contributed by atoms with E-state index < -0.39 is 12.1 Å². The highest BCUT2D eigenvalue weighted by Crippen LogP contribution is 2.27. The van der Waals surface area contributed by atoms with Gasteiger partial charge >= 0.3 is 5.97 Å². The Balaban J connectivity index is 2.00. The summed E-state index contributed by atoms with van der Waals surface area (Å²) < 4.78 is 24.0. The van der Waals surface area contributed by atoms with Crippen LogP contribution in [0.2, 0.25) is 0 Å². The average molecular weight is 287 g/mol. The van der Waals surface area contributed by atoms with Gasteiger partial charge in [0, 0.05) is 13.1 Å². The highest BCUT2D eigenvalue weighted by atomic mass is 32.1. The molecule has 2 rings (SSSR count). The minimum Gasteiger partial charge on any atom is -0.463 e. The van der Waals surface area contributed by atoms with E-state index in [0.717, 1.165) is 24.8 Å². The zero-order valence-corrected chi connectivity index (χ0v) is 11.8. The largest absolute Gasteiger partial charge is 0.463 e. The van der Waals surface area contributed by atoms with Gasteiger partial charge < -0.3 is 19.1 Å². The van der Waals surface area contributed by atoms with Crippen LogP contribution in [0.3, 0.4) is 0 Å². The van der Waals surface area contributed by atoms with Gasteiger partial charge in [-0.25, -0.2) is 4.79 Å². The zero-order valence-electron chi connectivity index (χ0n) is 11.0. The van der Waals surface area contributed by atoms with Crippen molar-refractivity contribution in [2.45, 2.75) is 20.0 Å². The maximum absolute atomic E-state index is 11.5. The van der Waals surface area contributed by atoms with Crippen LogP contribution in [0.1, 0.15) is 13.8 Å². The maximum Gasteiger partial charge on any atom is 0.347 e. The van der Waals surface area contributed by atoms with Crippen molar-refractivity contribution >= 4 is 23.5 Å². The molecule has 0 amide bonds. The van der Waals surface area contributed by atoms with Crippen molar-refractivity contribution in [1.82, 2.24) is 8.75 Å². The Morgan fingerprint density at radius 3 is 2.89 bits per heavy atom. The Bertz CT molecular complexity index is 420. The number of esters is 1. The summed E-state index contributed by atoms with van der Waals surface area (Å²) >= 11 is 1.07. The number of hydrogen-bond donors (Lipinski definition) is 0.